The van der Waals surface area contributed by atoms with Crippen LogP contribution in [0.25, 0.3) is 11.3 Å². The minimum absolute atomic E-state index is 0.685. The van der Waals surface area contributed by atoms with E-state index in [9.17, 15) is 0 Å². The molecule has 1 N–H and O–H groups in total. The zero-order valence-corrected chi connectivity index (χ0v) is 12.8. The number of hydrogen-bond donors (Lipinski definition) is 1. The molecule has 0 bridgehead atoms. The molecule has 0 saturated carbocycles. The first-order valence-corrected chi connectivity index (χ1v) is 7.17. The second kappa shape index (κ2) is 6.62. The van der Waals surface area contributed by atoms with Gasteiger partial charge in [0.2, 0.25) is 0 Å². The molecule has 0 fully saturated rings. The van der Waals surface area contributed by atoms with Crippen LogP contribution in [0.3, 0.4) is 0 Å². The summed E-state index contributed by atoms with van der Waals surface area (Å²) in [7, 11) is 1.91. The highest BCUT2D eigenvalue weighted by Gasteiger charge is 2.05. The summed E-state index contributed by atoms with van der Waals surface area (Å²) in [6.07, 6.45) is 1.12. The predicted octanol–water partition coefficient (Wildman–Crippen LogP) is 3.37. The molecule has 3 heteroatoms. The fourth-order valence-corrected chi connectivity index (χ4v) is 2.30. The Morgan fingerprint density at radius 3 is 2.40 bits per heavy atom. The Bertz CT molecular complexity index is 559. The van der Waals surface area contributed by atoms with Crippen molar-refractivity contribution >= 4 is 0 Å². The van der Waals surface area contributed by atoms with Crippen LogP contribution in [-0.2, 0) is 13.0 Å². The van der Waals surface area contributed by atoms with Gasteiger partial charge in [0.1, 0.15) is 5.82 Å². The largest absolute Gasteiger partial charge is 0.313 e. The van der Waals surface area contributed by atoms with Gasteiger partial charge in [0.25, 0.3) is 0 Å². The maximum Gasteiger partial charge on any atom is 0.143 e. The zero-order valence-electron chi connectivity index (χ0n) is 12.8. The average Bonchev–Trinajstić information content (AvgIpc) is 2.38. The first kappa shape index (κ1) is 14.7. The Balaban J connectivity index is 2.26. The predicted molar refractivity (Wildman–Crippen MR) is 83.5 cm³/mol. The molecule has 0 unspecified atom stereocenters. The third-order valence-electron chi connectivity index (χ3n) is 3.13. The van der Waals surface area contributed by atoms with Gasteiger partial charge in [-0.3, -0.25) is 0 Å². The number of rotatable bonds is 5. The summed E-state index contributed by atoms with van der Waals surface area (Å²) in [5.74, 6) is 1.53. The summed E-state index contributed by atoms with van der Waals surface area (Å²) in [4.78, 5) is 9.04. The van der Waals surface area contributed by atoms with Crippen LogP contribution >= 0.6 is 0 Å². The summed E-state index contributed by atoms with van der Waals surface area (Å²) < 4.78 is 0. The summed E-state index contributed by atoms with van der Waals surface area (Å²) in [5.41, 5.74) is 4.54. The Kier molecular flexibility index (Phi) is 4.85. The fourth-order valence-electron chi connectivity index (χ4n) is 2.30. The minimum Gasteiger partial charge on any atom is -0.313 e. The quantitative estimate of drug-likeness (QED) is 0.904. The van der Waals surface area contributed by atoms with Gasteiger partial charge in [-0.25, -0.2) is 9.97 Å². The summed E-state index contributed by atoms with van der Waals surface area (Å²) in [6, 6.07) is 10.7. The first-order chi connectivity index (χ1) is 9.58. The van der Waals surface area contributed by atoms with E-state index in [-0.39, 0.29) is 0 Å². The van der Waals surface area contributed by atoms with Gasteiger partial charge < -0.3 is 5.32 Å². The standard InChI is InChI=1S/C17H23N3/c1-12(2)9-14-5-7-15(8-6-14)16-10-13(3)19-17(20-16)11-18-4/h5-8,10,12,18H,9,11H2,1-4H3. The van der Waals surface area contributed by atoms with Crippen LogP contribution in [0, 0.1) is 12.8 Å². The first-order valence-electron chi connectivity index (χ1n) is 7.17. The van der Waals surface area contributed by atoms with Crippen molar-refractivity contribution in [2.75, 3.05) is 7.05 Å². The van der Waals surface area contributed by atoms with E-state index in [0.717, 1.165) is 29.2 Å². The molecule has 0 saturated heterocycles. The van der Waals surface area contributed by atoms with Gasteiger partial charge >= 0.3 is 0 Å². The van der Waals surface area contributed by atoms with E-state index in [1.807, 2.05) is 20.0 Å². The smallest absolute Gasteiger partial charge is 0.143 e. The summed E-state index contributed by atoms with van der Waals surface area (Å²) >= 11 is 0. The van der Waals surface area contributed by atoms with Gasteiger partial charge in [-0.2, -0.15) is 0 Å². The SMILES string of the molecule is CNCc1nc(C)cc(-c2ccc(CC(C)C)cc2)n1. The highest BCUT2D eigenvalue weighted by molar-refractivity contribution is 5.59. The average molecular weight is 269 g/mol. The lowest BCUT2D eigenvalue weighted by Crippen LogP contribution is -2.10. The number of hydrogen-bond acceptors (Lipinski definition) is 3. The van der Waals surface area contributed by atoms with Crippen molar-refractivity contribution in [2.45, 2.75) is 33.7 Å². The Labute approximate surface area is 121 Å². The molecule has 0 atom stereocenters. The number of benzene rings is 1. The van der Waals surface area contributed by atoms with Crippen LogP contribution in [0.15, 0.2) is 30.3 Å². The lowest BCUT2D eigenvalue weighted by molar-refractivity contribution is 0.647. The molecule has 0 spiro atoms. The van der Waals surface area contributed by atoms with Gasteiger partial charge in [0.15, 0.2) is 0 Å². The van der Waals surface area contributed by atoms with Crippen LogP contribution in [0.5, 0.6) is 0 Å². The molecular formula is C17H23N3. The van der Waals surface area contributed by atoms with Crippen LogP contribution in [0.4, 0.5) is 0 Å². The molecule has 0 radical (unpaired) electrons. The van der Waals surface area contributed by atoms with Gasteiger partial charge in [-0.05, 0) is 37.9 Å². The van der Waals surface area contributed by atoms with E-state index >= 15 is 0 Å². The molecule has 1 aromatic heterocycles. The van der Waals surface area contributed by atoms with Crippen molar-refractivity contribution in [3.05, 3.63) is 47.4 Å². The molecule has 0 aliphatic carbocycles. The Hall–Kier alpha value is -1.74. The lowest BCUT2D eigenvalue weighted by atomic mass is 10.0. The Morgan fingerprint density at radius 2 is 1.80 bits per heavy atom. The van der Waals surface area contributed by atoms with Crippen molar-refractivity contribution in [3.63, 3.8) is 0 Å². The molecule has 1 heterocycles. The maximum atomic E-state index is 4.61. The summed E-state index contributed by atoms with van der Waals surface area (Å²) in [5, 5.41) is 3.10. The maximum absolute atomic E-state index is 4.61. The highest BCUT2D eigenvalue weighted by atomic mass is 15.0. The van der Waals surface area contributed by atoms with E-state index in [4.69, 9.17) is 0 Å². The highest BCUT2D eigenvalue weighted by Crippen LogP contribution is 2.19. The molecule has 2 aromatic rings. The van der Waals surface area contributed by atoms with Crippen molar-refractivity contribution in [1.29, 1.82) is 0 Å². The van der Waals surface area contributed by atoms with Crippen LogP contribution in [0.2, 0.25) is 0 Å². The Morgan fingerprint density at radius 1 is 1.10 bits per heavy atom. The van der Waals surface area contributed by atoms with Crippen LogP contribution in [0.1, 0.15) is 30.9 Å². The van der Waals surface area contributed by atoms with Crippen molar-refractivity contribution < 1.29 is 0 Å². The molecule has 3 nitrogen and oxygen atoms in total. The van der Waals surface area contributed by atoms with E-state index in [2.05, 4.69) is 53.4 Å². The van der Waals surface area contributed by atoms with E-state index < -0.39 is 0 Å². The molecule has 0 aliphatic rings. The second-order valence-corrected chi connectivity index (χ2v) is 5.64. The molecule has 20 heavy (non-hydrogen) atoms. The normalized spacial score (nSPS) is 11.1. The molecule has 2 rings (SSSR count). The topological polar surface area (TPSA) is 37.8 Å². The van der Waals surface area contributed by atoms with E-state index in [0.29, 0.717) is 12.5 Å². The van der Waals surface area contributed by atoms with Gasteiger partial charge in [-0.1, -0.05) is 38.1 Å². The molecular weight excluding hydrogens is 246 g/mol. The summed E-state index contributed by atoms with van der Waals surface area (Å²) in [6.45, 7) is 7.19. The van der Waals surface area contributed by atoms with Crippen molar-refractivity contribution in [2.24, 2.45) is 5.92 Å². The number of nitrogens with one attached hydrogen (secondary N) is 1. The van der Waals surface area contributed by atoms with Gasteiger partial charge in [-0.15, -0.1) is 0 Å². The van der Waals surface area contributed by atoms with E-state index in [1.165, 1.54) is 5.56 Å². The van der Waals surface area contributed by atoms with Crippen molar-refractivity contribution in [3.8, 4) is 11.3 Å². The third-order valence-corrected chi connectivity index (χ3v) is 3.13. The fraction of sp³-hybridized carbons (Fsp3) is 0.412. The second-order valence-electron chi connectivity index (χ2n) is 5.64. The minimum atomic E-state index is 0.685. The van der Waals surface area contributed by atoms with Crippen LogP contribution in [-0.4, -0.2) is 17.0 Å². The molecule has 106 valence electrons. The molecule has 0 amide bonds. The van der Waals surface area contributed by atoms with Gasteiger partial charge in [0.05, 0.1) is 12.2 Å². The van der Waals surface area contributed by atoms with Gasteiger partial charge in [0, 0.05) is 11.3 Å². The lowest BCUT2D eigenvalue weighted by Gasteiger charge is -2.08. The monoisotopic (exact) mass is 269 g/mol. The third kappa shape index (κ3) is 3.87. The van der Waals surface area contributed by atoms with Crippen molar-refractivity contribution in [1.82, 2.24) is 15.3 Å². The number of nitrogens with zero attached hydrogens (tertiary/aromatic N) is 2. The molecule has 1 aromatic carbocycles. The molecule has 0 aliphatic heterocycles. The van der Waals surface area contributed by atoms with Crippen LogP contribution < -0.4 is 5.32 Å². The van der Waals surface area contributed by atoms with E-state index in [1.54, 1.807) is 0 Å². The zero-order chi connectivity index (χ0) is 14.5. The number of aryl methyl sites for hydroxylation is 1. The number of aromatic nitrogens is 2.